The van der Waals surface area contributed by atoms with Gasteiger partial charge in [0.15, 0.2) is 5.69 Å². The molecule has 0 radical (unpaired) electrons. The van der Waals surface area contributed by atoms with Crippen LogP contribution in [-0.4, -0.2) is 39.1 Å². The molecule has 1 amide bonds. The second kappa shape index (κ2) is 8.94. The van der Waals surface area contributed by atoms with Gasteiger partial charge in [0.05, 0.1) is 18.5 Å². The van der Waals surface area contributed by atoms with Crippen LogP contribution in [0.4, 0.5) is 0 Å². The number of nitrogens with one attached hydrogen (secondary N) is 1. The van der Waals surface area contributed by atoms with Crippen LogP contribution in [0.1, 0.15) is 53.7 Å². The molecule has 0 spiro atoms. The van der Waals surface area contributed by atoms with E-state index in [0.29, 0.717) is 0 Å². The number of amides is 1. The zero-order valence-corrected chi connectivity index (χ0v) is 15.1. The smallest absolute Gasteiger partial charge is 0.356 e. The molecule has 2 N–H and O–H groups in total. The van der Waals surface area contributed by atoms with Crippen LogP contribution in [-0.2, 0) is 6.42 Å². The van der Waals surface area contributed by atoms with Crippen molar-refractivity contribution < 1.29 is 19.4 Å². The number of carboxylic acid groups (broad SMARTS) is 1. The Hall–Kier alpha value is -2.96. The number of benzene rings is 1. The largest absolute Gasteiger partial charge is 0.491 e. The monoisotopic (exact) mass is 357 g/mol. The molecular formula is C19H23N3O4. The van der Waals surface area contributed by atoms with Crippen LogP contribution >= 0.6 is 0 Å². The van der Waals surface area contributed by atoms with Gasteiger partial charge in [-0.1, -0.05) is 12.1 Å². The molecule has 2 rings (SSSR count). The third-order valence-electron chi connectivity index (χ3n) is 3.64. The summed E-state index contributed by atoms with van der Waals surface area (Å²) in [5, 5.41) is 11.6. The molecule has 1 heterocycles. The van der Waals surface area contributed by atoms with Crippen LogP contribution in [0.2, 0.25) is 0 Å². The van der Waals surface area contributed by atoms with E-state index in [1.165, 1.54) is 6.20 Å². The van der Waals surface area contributed by atoms with Crippen molar-refractivity contribution in [1.82, 2.24) is 15.3 Å². The molecule has 1 atom stereocenters. The van der Waals surface area contributed by atoms with Crippen LogP contribution in [0.5, 0.6) is 5.75 Å². The number of rotatable bonds is 8. The van der Waals surface area contributed by atoms with E-state index in [9.17, 15) is 9.59 Å². The minimum Gasteiger partial charge on any atom is -0.491 e. The second-order valence-electron chi connectivity index (χ2n) is 6.32. The Kier molecular flexibility index (Phi) is 6.66. The van der Waals surface area contributed by atoms with Crippen molar-refractivity contribution >= 4 is 11.9 Å². The van der Waals surface area contributed by atoms with Gasteiger partial charge in [0, 0.05) is 6.04 Å². The van der Waals surface area contributed by atoms with Gasteiger partial charge in [-0.15, -0.1) is 0 Å². The molecule has 0 saturated carbocycles. The molecule has 0 aliphatic carbocycles. The summed E-state index contributed by atoms with van der Waals surface area (Å²) < 4.78 is 5.61. The highest BCUT2D eigenvalue weighted by Crippen LogP contribution is 2.15. The number of carboxylic acids is 1. The third-order valence-corrected chi connectivity index (χ3v) is 3.64. The molecule has 1 unspecified atom stereocenters. The summed E-state index contributed by atoms with van der Waals surface area (Å²) in [6.07, 6.45) is 3.95. The first-order chi connectivity index (χ1) is 12.3. The maximum Gasteiger partial charge on any atom is 0.356 e. The van der Waals surface area contributed by atoms with Crippen LogP contribution in [0.15, 0.2) is 36.7 Å². The SMILES string of the molecule is CC(CCc1ccc(OC(C)C)cc1)NC(=O)c1cnc(C(=O)O)cn1. The quantitative estimate of drug-likeness (QED) is 0.753. The number of ether oxygens (including phenoxy) is 1. The predicted molar refractivity (Wildman–Crippen MR) is 96.4 cm³/mol. The number of carbonyl (C=O) groups excluding carboxylic acids is 1. The fraction of sp³-hybridized carbons (Fsp3) is 0.368. The lowest BCUT2D eigenvalue weighted by Crippen LogP contribution is -2.33. The summed E-state index contributed by atoms with van der Waals surface area (Å²) in [6.45, 7) is 5.88. The third kappa shape index (κ3) is 5.84. The summed E-state index contributed by atoms with van der Waals surface area (Å²) in [6, 6.07) is 7.86. The van der Waals surface area contributed by atoms with Crippen LogP contribution < -0.4 is 10.1 Å². The molecule has 7 heteroatoms. The summed E-state index contributed by atoms with van der Waals surface area (Å²) >= 11 is 0. The standard InChI is InChI=1S/C19H23N3O4/c1-12(2)26-15-8-6-14(7-9-15)5-4-13(3)22-18(23)16-10-21-17(11-20-16)19(24)25/h6-13H,4-5H2,1-3H3,(H,22,23)(H,24,25). The Bertz CT molecular complexity index is 742. The molecule has 0 saturated heterocycles. The zero-order valence-electron chi connectivity index (χ0n) is 15.1. The van der Waals surface area contributed by atoms with Crippen LogP contribution in [0, 0.1) is 0 Å². The van der Waals surface area contributed by atoms with Gasteiger partial charge in [-0.25, -0.2) is 14.8 Å². The maximum absolute atomic E-state index is 12.1. The topological polar surface area (TPSA) is 101 Å². The molecule has 1 aromatic heterocycles. The van der Waals surface area contributed by atoms with E-state index in [-0.39, 0.29) is 29.4 Å². The van der Waals surface area contributed by atoms with Crippen molar-refractivity contribution in [2.24, 2.45) is 0 Å². The van der Waals surface area contributed by atoms with Gasteiger partial charge in [-0.2, -0.15) is 0 Å². The molecule has 0 bridgehead atoms. The zero-order chi connectivity index (χ0) is 19.1. The van der Waals surface area contributed by atoms with Gasteiger partial charge in [0.1, 0.15) is 11.4 Å². The number of hydrogen-bond donors (Lipinski definition) is 2. The van der Waals surface area contributed by atoms with Gasteiger partial charge >= 0.3 is 5.97 Å². The van der Waals surface area contributed by atoms with Crippen molar-refractivity contribution in [3.05, 3.63) is 53.6 Å². The van der Waals surface area contributed by atoms with Crippen LogP contribution in [0.25, 0.3) is 0 Å². The highest BCUT2D eigenvalue weighted by Gasteiger charge is 2.13. The maximum atomic E-state index is 12.1. The van der Waals surface area contributed by atoms with Gasteiger partial charge in [0.2, 0.25) is 0 Å². The number of carbonyl (C=O) groups is 2. The molecule has 0 fully saturated rings. The average molecular weight is 357 g/mol. The Morgan fingerprint density at radius 2 is 1.69 bits per heavy atom. The van der Waals surface area contributed by atoms with Crippen molar-refractivity contribution in [3.63, 3.8) is 0 Å². The van der Waals surface area contributed by atoms with E-state index >= 15 is 0 Å². The van der Waals surface area contributed by atoms with Gasteiger partial charge < -0.3 is 15.2 Å². The van der Waals surface area contributed by atoms with Crippen molar-refractivity contribution in [2.75, 3.05) is 0 Å². The highest BCUT2D eigenvalue weighted by atomic mass is 16.5. The summed E-state index contributed by atoms with van der Waals surface area (Å²) in [7, 11) is 0. The van der Waals surface area contributed by atoms with Gasteiger partial charge in [0.25, 0.3) is 5.91 Å². The molecule has 138 valence electrons. The number of aromatic carboxylic acids is 1. The predicted octanol–water partition coefficient (Wildman–Crippen LogP) is 2.71. The van der Waals surface area contributed by atoms with Crippen molar-refractivity contribution in [1.29, 1.82) is 0 Å². The average Bonchev–Trinajstić information content (AvgIpc) is 2.60. The molecule has 0 aliphatic heterocycles. The van der Waals surface area contributed by atoms with Crippen molar-refractivity contribution in [3.8, 4) is 5.75 Å². The molecule has 0 aliphatic rings. The van der Waals surface area contributed by atoms with Crippen molar-refractivity contribution in [2.45, 2.75) is 45.8 Å². The van der Waals surface area contributed by atoms with E-state index in [0.717, 1.165) is 30.4 Å². The van der Waals surface area contributed by atoms with E-state index in [2.05, 4.69) is 15.3 Å². The summed E-state index contributed by atoms with van der Waals surface area (Å²) in [4.78, 5) is 30.4. The minimum atomic E-state index is -1.18. The summed E-state index contributed by atoms with van der Waals surface area (Å²) in [5.74, 6) is -0.709. The van der Waals surface area contributed by atoms with Gasteiger partial charge in [-0.05, 0) is 51.3 Å². The minimum absolute atomic E-state index is 0.0601. The normalized spacial score (nSPS) is 11.8. The Labute approximate surface area is 152 Å². The van der Waals surface area contributed by atoms with E-state index < -0.39 is 5.97 Å². The lowest BCUT2D eigenvalue weighted by Gasteiger charge is -2.14. The first-order valence-electron chi connectivity index (χ1n) is 8.47. The molecule has 26 heavy (non-hydrogen) atoms. The lowest BCUT2D eigenvalue weighted by atomic mass is 10.1. The number of aromatic nitrogens is 2. The Morgan fingerprint density at radius 3 is 2.23 bits per heavy atom. The van der Waals surface area contributed by atoms with E-state index in [4.69, 9.17) is 9.84 Å². The lowest BCUT2D eigenvalue weighted by molar-refractivity contribution is 0.0688. The Balaban J connectivity index is 1.83. The molecular weight excluding hydrogens is 334 g/mol. The molecule has 2 aromatic rings. The fourth-order valence-corrected chi connectivity index (χ4v) is 2.32. The first kappa shape index (κ1) is 19.4. The second-order valence-corrected chi connectivity index (χ2v) is 6.32. The highest BCUT2D eigenvalue weighted by molar-refractivity contribution is 5.92. The molecule has 1 aromatic carbocycles. The first-order valence-corrected chi connectivity index (χ1v) is 8.47. The number of aryl methyl sites for hydroxylation is 1. The number of nitrogens with zero attached hydrogens (tertiary/aromatic N) is 2. The van der Waals surface area contributed by atoms with Gasteiger partial charge in [-0.3, -0.25) is 4.79 Å². The number of hydrogen-bond acceptors (Lipinski definition) is 5. The summed E-state index contributed by atoms with van der Waals surface area (Å²) in [5.41, 5.74) is 1.06. The van der Waals surface area contributed by atoms with E-state index in [1.807, 2.05) is 45.0 Å². The molecule has 7 nitrogen and oxygen atoms in total. The van der Waals surface area contributed by atoms with E-state index in [1.54, 1.807) is 0 Å². The fourth-order valence-electron chi connectivity index (χ4n) is 2.32. The van der Waals surface area contributed by atoms with Crippen LogP contribution in [0.3, 0.4) is 0 Å². The Morgan fingerprint density at radius 1 is 1.08 bits per heavy atom.